The van der Waals surface area contributed by atoms with Crippen molar-refractivity contribution in [2.45, 2.75) is 26.1 Å². The minimum Gasteiger partial charge on any atom is -0.482 e. The average molecular weight is 269 g/mol. The van der Waals surface area contributed by atoms with Crippen molar-refractivity contribution in [1.29, 1.82) is 0 Å². The molecule has 0 spiro atoms. The minimum atomic E-state index is -0.288. The summed E-state index contributed by atoms with van der Waals surface area (Å²) < 4.78 is 6.77. The second-order valence-corrected chi connectivity index (χ2v) is 5.00. The van der Waals surface area contributed by atoms with Gasteiger partial charge in [0.05, 0.1) is 11.1 Å². The molecule has 0 aromatic heterocycles. The molecule has 1 aromatic rings. The summed E-state index contributed by atoms with van der Waals surface area (Å²) in [5.41, 5.74) is 1.56. The third-order valence-electron chi connectivity index (χ3n) is 2.43. The van der Waals surface area contributed by atoms with E-state index in [1.807, 2.05) is 38.1 Å². The highest BCUT2D eigenvalue weighted by molar-refractivity contribution is 9.10. The van der Waals surface area contributed by atoms with Crippen molar-refractivity contribution in [1.82, 2.24) is 0 Å². The molecule has 1 N–H and O–H groups in total. The molecule has 1 aliphatic rings. The number of hydrogen-bond donors (Lipinski definition) is 1. The Morgan fingerprint density at radius 2 is 2.13 bits per heavy atom. The van der Waals surface area contributed by atoms with Crippen LogP contribution in [0.5, 0.6) is 5.75 Å². The van der Waals surface area contributed by atoms with Gasteiger partial charge in [-0.05, 0) is 47.5 Å². The molecule has 2 nitrogen and oxygen atoms in total. The zero-order valence-corrected chi connectivity index (χ0v) is 10.3. The number of halogens is 1. The van der Waals surface area contributed by atoms with Gasteiger partial charge in [0.1, 0.15) is 11.4 Å². The van der Waals surface area contributed by atoms with Gasteiger partial charge in [-0.15, -0.1) is 0 Å². The predicted molar refractivity (Wildman–Crippen MR) is 63.8 cm³/mol. The molecule has 2 rings (SSSR count). The van der Waals surface area contributed by atoms with Crippen molar-refractivity contribution in [3.05, 3.63) is 33.8 Å². The number of fused-ring (bicyclic) bond motifs is 1. The standard InChI is InChI=1S/C12H13BrO2/c1-12(2)6-5-9-8(7-14)3-4-10(13)11(9)15-12/h3-6,14H,7H2,1-2H3. The summed E-state index contributed by atoms with van der Waals surface area (Å²) in [5.74, 6) is 0.814. The summed E-state index contributed by atoms with van der Waals surface area (Å²) in [5, 5.41) is 9.21. The monoisotopic (exact) mass is 268 g/mol. The maximum Gasteiger partial charge on any atom is 0.142 e. The number of rotatable bonds is 1. The van der Waals surface area contributed by atoms with E-state index in [4.69, 9.17) is 4.74 Å². The van der Waals surface area contributed by atoms with Gasteiger partial charge >= 0.3 is 0 Å². The predicted octanol–water partition coefficient (Wildman–Crippen LogP) is 3.13. The Labute approximate surface area is 97.7 Å². The van der Waals surface area contributed by atoms with E-state index in [1.165, 1.54) is 0 Å². The van der Waals surface area contributed by atoms with Gasteiger partial charge in [-0.25, -0.2) is 0 Å². The quantitative estimate of drug-likeness (QED) is 0.848. The van der Waals surface area contributed by atoms with Crippen LogP contribution < -0.4 is 4.74 Å². The lowest BCUT2D eigenvalue weighted by Gasteiger charge is -2.29. The number of benzene rings is 1. The summed E-state index contributed by atoms with van der Waals surface area (Å²) in [6.45, 7) is 4.04. The maximum atomic E-state index is 9.21. The maximum absolute atomic E-state index is 9.21. The number of hydrogen-bond acceptors (Lipinski definition) is 2. The molecule has 0 bridgehead atoms. The molecule has 1 heterocycles. The highest BCUT2D eigenvalue weighted by Gasteiger charge is 2.24. The van der Waals surface area contributed by atoms with Crippen molar-refractivity contribution in [3.8, 4) is 5.75 Å². The molecule has 0 saturated heterocycles. The molecule has 1 aliphatic heterocycles. The molecule has 0 atom stereocenters. The van der Waals surface area contributed by atoms with E-state index in [-0.39, 0.29) is 12.2 Å². The van der Waals surface area contributed by atoms with Crippen molar-refractivity contribution < 1.29 is 9.84 Å². The highest BCUT2D eigenvalue weighted by atomic mass is 79.9. The van der Waals surface area contributed by atoms with Crippen LogP contribution in [0.4, 0.5) is 0 Å². The van der Waals surface area contributed by atoms with Crippen molar-refractivity contribution in [3.63, 3.8) is 0 Å². The van der Waals surface area contributed by atoms with Crippen LogP contribution >= 0.6 is 15.9 Å². The van der Waals surface area contributed by atoms with Crippen LogP contribution in [-0.4, -0.2) is 10.7 Å². The Bertz CT molecular complexity index is 422. The van der Waals surface area contributed by atoms with Gasteiger partial charge in [0.15, 0.2) is 0 Å². The SMILES string of the molecule is CC1(C)C=Cc2c(CO)ccc(Br)c2O1. The van der Waals surface area contributed by atoms with Gasteiger partial charge in [-0.1, -0.05) is 12.1 Å². The molecule has 3 heteroatoms. The van der Waals surface area contributed by atoms with E-state index >= 15 is 0 Å². The number of ether oxygens (including phenoxy) is 1. The van der Waals surface area contributed by atoms with Gasteiger partial charge in [0, 0.05) is 5.56 Å². The van der Waals surface area contributed by atoms with Gasteiger partial charge < -0.3 is 9.84 Å². The lowest BCUT2D eigenvalue weighted by Crippen LogP contribution is -2.28. The summed E-state index contributed by atoms with van der Waals surface area (Å²) in [4.78, 5) is 0. The fourth-order valence-electron chi connectivity index (χ4n) is 1.62. The molecule has 1 aromatic carbocycles. The minimum absolute atomic E-state index is 0.0315. The second kappa shape index (κ2) is 3.65. The smallest absolute Gasteiger partial charge is 0.142 e. The Hall–Kier alpha value is -0.800. The molecule has 0 saturated carbocycles. The Morgan fingerprint density at radius 1 is 1.40 bits per heavy atom. The summed E-state index contributed by atoms with van der Waals surface area (Å²) >= 11 is 3.46. The van der Waals surface area contributed by atoms with Gasteiger partial charge in [-0.3, -0.25) is 0 Å². The third kappa shape index (κ3) is 1.94. The summed E-state index contributed by atoms with van der Waals surface area (Å²) in [6, 6.07) is 3.80. The van der Waals surface area contributed by atoms with Crippen LogP contribution in [-0.2, 0) is 6.61 Å². The molecular formula is C12H13BrO2. The Morgan fingerprint density at radius 3 is 2.80 bits per heavy atom. The lowest BCUT2D eigenvalue weighted by molar-refractivity contribution is 0.157. The van der Waals surface area contributed by atoms with E-state index < -0.39 is 0 Å². The largest absolute Gasteiger partial charge is 0.482 e. The summed E-state index contributed by atoms with van der Waals surface area (Å²) in [7, 11) is 0. The van der Waals surface area contributed by atoms with E-state index in [2.05, 4.69) is 15.9 Å². The van der Waals surface area contributed by atoms with Crippen LogP contribution in [0.3, 0.4) is 0 Å². The van der Waals surface area contributed by atoms with Crippen LogP contribution in [0.1, 0.15) is 25.0 Å². The lowest BCUT2D eigenvalue weighted by atomic mass is 9.99. The molecule has 15 heavy (non-hydrogen) atoms. The molecule has 0 fully saturated rings. The Kier molecular flexibility index (Phi) is 2.61. The molecule has 0 radical (unpaired) electrons. The first-order chi connectivity index (χ1) is 7.03. The van der Waals surface area contributed by atoms with Gasteiger partial charge in [0.25, 0.3) is 0 Å². The van der Waals surface area contributed by atoms with Gasteiger partial charge in [-0.2, -0.15) is 0 Å². The first-order valence-electron chi connectivity index (χ1n) is 4.84. The fourth-order valence-corrected chi connectivity index (χ4v) is 2.05. The number of aliphatic hydroxyl groups is 1. The highest BCUT2D eigenvalue weighted by Crippen LogP contribution is 2.38. The Balaban J connectivity index is 2.58. The molecular weight excluding hydrogens is 256 g/mol. The molecule has 0 amide bonds. The topological polar surface area (TPSA) is 29.5 Å². The molecule has 80 valence electrons. The third-order valence-corrected chi connectivity index (χ3v) is 3.05. The van der Waals surface area contributed by atoms with Crippen LogP contribution in [0.25, 0.3) is 6.08 Å². The van der Waals surface area contributed by atoms with Crippen molar-refractivity contribution in [2.75, 3.05) is 0 Å². The van der Waals surface area contributed by atoms with Crippen LogP contribution in [0.15, 0.2) is 22.7 Å². The van der Waals surface area contributed by atoms with Crippen LogP contribution in [0.2, 0.25) is 0 Å². The number of aliphatic hydroxyl groups excluding tert-OH is 1. The van der Waals surface area contributed by atoms with E-state index in [1.54, 1.807) is 0 Å². The second-order valence-electron chi connectivity index (χ2n) is 4.15. The first-order valence-corrected chi connectivity index (χ1v) is 5.63. The molecule has 0 unspecified atom stereocenters. The fraction of sp³-hybridized carbons (Fsp3) is 0.333. The van der Waals surface area contributed by atoms with E-state index in [9.17, 15) is 5.11 Å². The summed E-state index contributed by atoms with van der Waals surface area (Å²) in [6.07, 6.45) is 4.01. The van der Waals surface area contributed by atoms with E-state index in [0.717, 1.165) is 21.3 Å². The van der Waals surface area contributed by atoms with Gasteiger partial charge in [0.2, 0.25) is 0 Å². The molecule has 0 aliphatic carbocycles. The normalized spacial score (nSPS) is 17.1. The zero-order chi connectivity index (χ0) is 11.1. The first kappa shape index (κ1) is 10.7. The van der Waals surface area contributed by atoms with E-state index in [0.29, 0.717) is 0 Å². The van der Waals surface area contributed by atoms with Crippen molar-refractivity contribution >= 4 is 22.0 Å². The zero-order valence-electron chi connectivity index (χ0n) is 8.75. The van der Waals surface area contributed by atoms with Crippen LogP contribution in [0, 0.1) is 0 Å². The average Bonchev–Trinajstić information content (AvgIpc) is 2.18. The van der Waals surface area contributed by atoms with Crippen molar-refractivity contribution in [2.24, 2.45) is 0 Å².